The molecular formula is C55H60F2N8O9S. The standard InChI is InChI=1S/C55H60F2N8O9S/c1-35(2)41-5-3-4-6-42(41)48-32-62(31-36-7-10-49-51(23-36)73-34-72-49)19-20-64(48)38-28-54(29-38)12-17-63(18-13-54)46-27-50(74-39-24-37-11-16-58-52(37)59-30-39)43(26-44(46)56)53(66)61-75(69,70)40-8-9-45(47(25-40)65(67)68)60-33-55(57)14-21-71-22-15-55/h3-11,16,23-27,30,35,38,48,60H,12-15,17-22,28-29,31-34H2,1-2H3,(H,58,59)(H,61,66)/t48-/m0/s1. The summed E-state index contributed by atoms with van der Waals surface area (Å²) in [6, 6.07) is 24.5. The van der Waals surface area contributed by atoms with E-state index in [9.17, 15) is 23.3 Å². The Bertz CT molecular complexity index is 3240. The van der Waals surface area contributed by atoms with E-state index >= 15 is 8.78 Å². The quantitative estimate of drug-likeness (QED) is 0.0650. The second kappa shape index (κ2) is 20.3. The van der Waals surface area contributed by atoms with Gasteiger partial charge in [-0.2, -0.15) is 0 Å². The molecule has 1 atom stereocenters. The number of nitrogens with zero attached hydrogens (tertiary/aromatic N) is 5. The molecule has 0 bridgehead atoms. The molecule has 75 heavy (non-hydrogen) atoms. The van der Waals surface area contributed by atoms with E-state index < -0.39 is 48.5 Å². The number of piperazine rings is 1. The Kier molecular flexibility index (Phi) is 13.6. The van der Waals surface area contributed by atoms with E-state index in [1.165, 1.54) is 29.0 Å². The fourth-order valence-electron chi connectivity index (χ4n) is 11.7. The molecule has 6 aromatic rings. The topological polar surface area (TPSA) is 194 Å². The number of benzene rings is 4. The zero-order valence-electron chi connectivity index (χ0n) is 41.9. The zero-order chi connectivity index (χ0) is 52.1. The molecule has 1 aliphatic carbocycles. The minimum absolute atomic E-state index is 0.0814. The van der Waals surface area contributed by atoms with Crippen molar-refractivity contribution in [3.05, 3.63) is 136 Å². The van der Waals surface area contributed by atoms with E-state index in [0.717, 1.165) is 87.6 Å². The largest absolute Gasteiger partial charge is 0.455 e. The molecule has 4 fully saturated rings. The second-order valence-corrected chi connectivity index (χ2v) is 22.7. The van der Waals surface area contributed by atoms with Crippen LogP contribution in [0.5, 0.6) is 23.0 Å². The first kappa shape index (κ1) is 50.3. The van der Waals surface area contributed by atoms with Crippen molar-refractivity contribution in [1.29, 1.82) is 0 Å². The molecule has 1 amide bonds. The van der Waals surface area contributed by atoms with Gasteiger partial charge < -0.3 is 34.1 Å². The minimum Gasteiger partial charge on any atom is -0.455 e. The number of nitro benzene ring substituents is 1. The summed E-state index contributed by atoms with van der Waals surface area (Å²) >= 11 is 0. The van der Waals surface area contributed by atoms with Crippen molar-refractivity contribution in [1.82, 2.24) is 24.5 Å². The number of halogens is 2. The van der Waals surface area contributed by atoms with Gasteiger partial charge in [-0.15, -0.1) is 0 Å². The van der Waals surface area contributed by atoms with Gasteiger partial charge in [-0.05, 0) is 96.2 Å². The number of alkyl halides is 1. The maximum atomic E-state index is 16.6. The number of aromatic amines is 1. The number of amides is 1. The molecule has 0 radical (unpaired) electrons. The van der Waals surface area contributed by atoms with Crippen molar-refractivity contribution < 1.29 is 45.9 Å². The van der Waals surface area contributed by atoms with Crippen molar-refractivity contribution in [3.63, 3.8) is 0 Å². The van der Waals surface area contributed by atoms with Gasteiger partial charge in [0.2, 0.25) is 6.79 Å². The lowest BCUT2D eigenvalue weighted by Crippen LogP contribution is -2.60. The Balaban J connectivity index is 0.798. The van der Waals surface area contributed by atoms with Gasteiger partial charge in [0.1, 0.15) is 34.3 Å². The predicted octanol–water partition coefficient (Wildman–Crippen LogP) is 9.61. The molecule has 5 aliphatic rings. The summed E-state index contributed by atoms with van der Waals surface area (Å²) in [7, 11) is -4.79. The van der Waals surface area contributed by atoms with Crippen molar-refractivity contribution in [2.75, 3.05) is 69.5 Å². The zero-order valence-corrected chi connectivity index (χ0v) is 42.7. The Morgan fingerprint density at radius 2 is 1.75 bits per heavy atom. The van der Waals surface area contributed by atoms with Crippen LogP contribution in [-0.4, -0.2) is 110 Å². The highest BCUT2D eigenvalue weighted by Crippen LogP contribution is 2.54. The third kappa shape index (κ3) is 10.4. The van der Waals surface area contributed by atoms with Crippen LogP contribution >= 0.6 is 0 Å². The summed E-state index contributed by atoms with van der Waals surface area (Å²) in [6.45, 7) is 9.56. The number of piperidine rings is 1. The number of carbonyl (C=O) groups is 1. The lowest BCUT2D eigenvalue weighted by Gasteiger charge is -2.58. The molecule has 20 heteroatoms. The fourth-order valence-corrected chi connectivity index (χ4v) is 12.7. The Morgan fingerprint density at radius 1 is 0.960 bits per heavy atom. The first-order valence-electron chi connectivity index (χ1n) is 25.6. The maximum absolute atomic E-state index is 16.6. The number of rotatable bonds is 15. The SMILES string of the molecule is CC(C)c1ccccc1[C@@H]1CN(Cc2ccc3c(c2)OCO3)CCN1C1CC2(CCN(c3cc(Oc4cnc5[nH]ccc5c4)c(C(=O)NS(=O)(=O)c4ccc(NCC5(F)CCOCC5)c([N+](=O)[O-])c4)cc3F)CC2)C1. The van der Waals surface area contributed by atoms with Crippen LogP contribution in [0.1, 0.15) is 91.4 Å². The number of hydrogen-bond donors (Lipinski definition) is 3. The van der Waals surface area contributed by atoms with Crippen molar-refractivity contribution >= 4 is 44.0 Å². The summed E-state index contributed by atoms with van der Waals surface area (Å²) in [5.74, 6) is 0.0529. The highest BCUT2D eigenvalue weighted by Gasteiger charge is 2.50. The van der Waals surface area contributed by atoms with E-state index in [2.05, 4.69) is 75.3 Å². The van der Waals surface area contributed by atoms with Crippen LogP contribution in [0.4, 0.5) is 25.8 Å². The number of H-pyrrole nitrogens is 1. The average Bonchev–Trinajstić information content (AvgIpc) is 4.08. The molecule has 1 spiro atoms. The number of carbonyl (C=O) groups excluding carboxylic acids is 1. The summed E-state index contributed by atoms with van der Waals surface area (Å²) < 4.78 is 84.2. The van der Waals surface area contributed by atoms with Crippen LogP contribution in [0.25, 0.3) is 11.0 Å². The van der Waals surface area contributed by atoms with Gasteiger partial charge in [0, 0.05) is 108 Å². The molecule has 3 N–H and O–H groups in total. The molecule has 4 aromatic carbocycles. The molecule has 11 rings (SSSR count). The molecule has 3 saturated heterocycles. The van der Waals surface area contributed by atoms with E-state index in [4.69, 9.17) is 18.9 Å². The van der Waals surface area contributed by atoms with Crippen molar-refractivity contribution in [3.8, 4) is 23.0 Å². The number of anilines is 2. The summed E-state index contributed by atoms with van der Waals surface area (Å²) in [6.07, 6.45) is 7.04. The molecule has 394 valence electrons. The molecular weight excluding hydrogens is 987 g/mol. The predicted molar refractivity (Wildman–Crippen MR) is 277 cm³/mol. The van der Waals surface area contributed by atoms with Crippen LogP contribution < -0.4 is 29.1 Å². The summed E-state index contributed by atoms with van der Waals surface area (Å²) in [4.78, 5) is 39.4. The van der Waals surface area contributed by atoms with Gasteiger partial charge in [0.05, 0.1) is 27.3 Å². The third-order valence-electron chi connectivity index (χ3n) is 15.9. The first-order chi connectivity index (χ1) is 36.1. The normalized spacial score (nSPS) is 19.8. The number of nitro groups is 1. The van der Waals surface area contributed by atoms with E-state index in [1.54, 1.807) is 18.3 Å². The maximum Gasteiger partial charge on any atom is 0.293 e. The van der Waals surface area contributed by atoms with E-state index in [-0.39, 0.29) is 73.7 Å². The number of aromatic nitrogens is 2. The molecule has 0 unspecified atom stereocenters. The molecule has 4 aliphatic heterocycles. The van der Waals surface area contributed by atoms with Gasteiger partial charge in [0.15, 0.2) is 11.5 Å². The third-order valence-corrected chi connectivity index (χ3v) is 17.2. The Morgan fingerprint density at radius 3 is 2.53 bits per heavy atom. The van der Waals surface area contributed by atoms with Gasteiger partial charge in [-0.25, -0.2) is 26.9 Å². The van der Waals surface area contributed by atoms with Crippen LogP contribution in [0.3, 0.4) is 0 Å². The average molecular weight is 1050 g/mol. The second-order valence-electron chi connectivity index (χ2n) is 21.0. The fraction of sp³-hybridized carbons (Fsp3) is 0.418. The van der Waals surface area contributed by atoms with E-state index in [1.807, 2.05) is 15.7 Å². The highest BCUT2D eigenvalue weighted by atomic mass is 32.2. The van der Waals surface area contributed by atoms with Gasteiger partial charge in [-0.1, -0.05) is 44.2 Å². The lowest BCUT2D eigenvalue weighted by atomic mass is 9.59. The van der Waals surface area contributed by atoms with Crippen LogP contribution in [0.2, 0.25) is 0 Å². The molecule has 2 aromatic heterocycles. The summed E-state index contributed by atoms with van der Waals surface area (Å²) in [5, 5.41) is 15.6. The number of hydrogen-bond acceptors (Lipinski definition) is 14. The first-order valence-corrected chi connectivity index (χ1v) is 27.1. The van der Waals surface area contributed by atoms with Gasteiger partial charge in [0.25, 0.3) is 21.6 Å². The number of nitrogens with one attached hydrogen (secondary N) is 3. The number of pyridine rings is 1. The Labute approximate surface area is 433 Å². The number of ether oxygens (including phenoxy) is 4. The van der Waals surface area contributed by atoms with Crippen LogP contribution in [-0.2, 0) is 21.3 Å². The van der Waals surface area contributed by atoms with Crippen molar-refractivity contribution in [2.45, 2.75) is 87.5 Å². The number of fused-ring (bicyclic) bond motifs is 2. The monoisotopic (exact) mass is 1050 g/mol. The minimum atomic E-state index is -4.79. The van der Waals surface area contributed by atoms with Gasteiger partial charge >= 0.3 is 0 Å². The van der Waals surface area contributed by atoms with E-state index in [0.29, 0.717) is 36.1 Å². The smallest absolute Gasteiger partial charge is 0.293 e. The van der Waals surface area contributed by atoms with Crippen molar-refractivity contribution in [2.24, 2.45) is 5.41 Å². The van der Waals surface area contributed by atoms with Crippen LogP contribution in [0.15, 0.2) is 102 Å². The lowest BCUT2D eigenvalue weighted by molar-refractivity contribution is -0.384. The number of sulfonamides is 1. The molecule has 6 heterocycles. The molecule has 17 nitrogen and oxygen atoms in total. The highest BCUT2D eigenvalue weighted by molar-refractivity contribution is 7.90. The van der Waals surface area contributed by atoms with Crippen LogP contribution in [0, 0.1) is 21.3 Å². The molecule has 1 saturated carbocycles. The Hall–Kier alpha value is -6.87. The summed E-state index contributed by atoms with van der Waals surface area (Å²) in [5.41, 5.74) is 1.96. The van der Waals surface area contributed by atoms with Gasteiger partial charge in [-0.3, -0.25) is 24.7 Å².